The van der Waals surface area contributed by atoms with Crippen molar-refractivity contribution in [3.63, 3.8) is 0 Å². The molecule has 1 aliphatic carbocycles. The molecule has 1 heteroatoms. The van der Waals surface area contributed by atoms with Gasteiger partial charge in [-0.2, -0.15) is 0 Å². The topological polar surface area (TPSA) is 12.0 Å². The lowest BCUT2D eigenvalue weighted by atomic mass is 9.76. The Morgan fingerprint density at radius 2 is 1.67 bits per heavy atom. The predicted octanol–water partition coefficient (Wildman–Crippen LogP) is 4.53. The Hall–Kier alpha value is -0.820. The van der Waals surface area contributed by atoms with E-state index in [0.717, 1.165) is 6.54 Å². The number of hydrogen-bond acceptors (Lipinski definition) is 1. The van der Waals surface area contributed by atoms with E-state index in [-0.39, 0.29) is 0 Å². The lowest BCUT2D eigenvalue weighted by Crippen LogP contribution is -2.34. The Morgan fingerprint density at radius 3 is 2.17 bits per heavy atom. The molecule has 1 atom stereocenters. The summed E-state index contributed by atoms with van der Waals surface area (Å²) in [6.07, 6.45) is 5.50. The van der Waals surface area contributed by atoms with E-state index >= 15 is 0 Å². The lowest BCUT2D eigenvalue weighted by molar-refractivity contribution is 0.226. The van der Waals surface area contributed by atoms with Crippen LogP contribution < -0.4 is 5.32 Å². The second-order valence-corrected chi connectivity index (χ2v) is 6.27. The molecule has 0 saturated heterocycles. The minimum Gasteiger partial charge on any atom is -0.310 e. The standard InChI is InChI=1S/C17H27N/c1-5-18-16(17(4)8-6-7-9-17)15-11-13(2)10-14(3)12-15/h10-12,16,18H,5-9H2,1-4H3. The van der Waals surface area contributed by atoms with Crippen molar-refractivity contribution in [1.29, 1.82) is 0 Å². The van der Waals surface area contributed by atoms with Gasteiger partial charge < -0.3 is 5.32 Å². The molecule has 0 aromatic heterocycles. The van der Waals surface area contributed by atoms with E-state index in [9.17, 15) is 0 Å². The highest BCUT2D eigenvalue weighted by molar-refractivity contribution is 5.32. The smallest absolute Gasteiger partial charge is 0.0374 e. The van der Waals surface area contributed by atoms with Crippen molar-refractivity contribution < 1.29 is 0 Å². The van der Waals surface area contributed by atoms with Gasteiger partial charge >= 0.3 is 0 Å². The highest BCUT2D eigenvalue weighted by Gasteiger charge is 2.37. The highest BCUT2D eigenvalue weighted by Crippen LogP contribution is 2.47. The maximum atomic E-state index is 3.74. The van der Waals surface area contributed by atoms with Crippen molar-refractivity contribution in [2.45, 2.75) is 59.4 Å². The van der Waals surface area contributed by atoms with Gasteiger partial charge in [0, 0.05) is 6.04 Å². The van der Waals surface area contributed by atoms with Crippen LogP contribution >= 0.6 is 0 Å². The number of nitrogens with one attached hydrogen (secondary N) is 1. The summed E-state index contributed by atoms with van der Waals surface area (Å²) in [5.41, 5.74) is 4.69. The highest BCUT2D eigenvalue weighted by atomic mass is 14.9. The largest absolute Gasteiger partial charge is 0.310 e. The predicted molar refractivity (Wildman–Crippen MR) is 78.9 cm³/mol. The Kier molecular flexibility index (Phi) is 4.11. The minimum absolute atomic E-state index is 0.441. The molecule has 0 radical (unpaired) electrons. The SMILES string of the molecule is CCNC(c1cc(C)cc(C)c1)C1(C)CCCC1. The summed E-state index contributed by atoms with van der Waals surface area (Å²) >= 11 is 0. The summed E-state index contributed by atoms with van der Waals surface area (Å²) in [5.74, 6) is 0. The van der Waals surface area contributed by atoms with E-state index in [1.165, 1.54) is 42.4 Å². The molecule has 18 heavy (non-hydrogen) atoms. The fourth-order valence-electron chi connectivity index (χ4n) is 3.62. The van der Waals surface area contributed by atoms with Gasteiger partial charge in [0.1, 0.15) is 0 Å². The van der Waals surface area contributed by atoms with Crippen molar-refractivity contribution in [3.05, 3.63) is 34.9 Å². The molecule has 0 heterocycles. The van der Waals surface area contributed by atoms with Crippen LogP contribution in [0.15, 0.2) is 18.2 Å². The van der Waals surface area contributed by atoms with Gasteiger partial charge in [-0.05, 0) is 44.2 Å². The molecule has 0 spiro atoms. The Bertz CT molecular complexity index is 382. The molecule has 0 bridgehead atoms. The molecule has 0 aliphatic heterocycles. The van der Waals surface area contributed by atoms with E-state index in [4.69, 9.17) is 0 Å². The maximum absolute atomic E-state index is 3.74. The summed E-state index contributed by atoms with van der Waals surface area (Å²) in [4.78, 5) is 0. The molecule has 1 aromatic carbocycles. The van der Waals surface area contributed by atoms with Crippen LogP contribution in [0.3, 0.4) is 0 Å². The average Bonchev–Trinajstić information content (AvgIpc) is 2.72. The van der Waals surface area contributed by atoms with Crippen LogP contribution in [-0.2, 0) is 0 Å². The third kappa shape index (κ3) is 2.77. The zero-order valence-electron chi connectivity index (χ0n) is 12.3. The van der Waals surface area contributed by atoms with Crippen LogP contribution in [0.5, 0.6) is 0 Å². The molecule has 1 unspecified atom stereocenters. The molecular formula is C17H27N. The molecule has 100 valence electrons. The van der Waals surface area contributed by atoms with E-state index in [1.54, 1.807) is 0 Å². The monoisotopic (exact) mass is 245 g/mol. The van der Waals surface area contributed by atoms with Gasteiger partial charge in [0.05, 0.1) is 0 Å². The van der Waals surface area contributed by atoms with Crippen LogP contribution in [0.25, 0.3) is 0 Å². The first-order chi connectivity index (χ1) is 8.55. The second-order valence-electron chi connectivity index (χ2n) is 6.27. The van der Waals surface area contributed by atoms with Crippen LogP contribution in [0, 0.1) is 19.3 Å². The van der Waals surface area contributed by atoms with Crippen molar-refractivity contribution in [1.82, 2.24) is 5.32 Å². The van der Waals surface area contributed by atoms with Gasteiger partial charge in [-0.1, -0.05) is 56.0 Å². The van der Waals surface area contributed by atoms with Crippen molar-refractivity contribution >= 4 is 0 Å². The van der Waals surface area contributed by atoms with Crippen LogP contribution in [0.1, 0.15) is 62.3 Å². The Balaban J connectivity index is 2.34. The van der Waals surface area contributed by atoms with E-state index in [1.807, 2.05) is 0 Å². The number of aryl methyl sites for hydroxylation is 2. The number of benzene rings is 1. The molecule has 1 aliphatic rings. The quantitative estimate of drug-likeness (QED) is 0.821. The fraction of sp³-hybridized carbons (Fsp3) is 0.647. The average molecular weight is 245 g/mol. The zero-order chi connectivity index (χ0) is 13.2. The minimum atomic E-state index is 0.441. The first-order valence-electron chi connectivity index (χ1n) is 7.37. The summed E-state index contributed by atoms with van der Waals surface area (Å²) in [5, 5.41) is 3.74. The third-order valence-corrected chi connectivity index (χ3v) is 4.43. The van der Waals surface area contributed by atoms with E-state index in [2.05, 4.69) is 51.2 Å². The van der Waals surface area contributed by atoms with Crippen LogP contribution in [0.4, 0.5) is 0 Å². The van der Waals surface area contributed by atoms with Gasteiger partial charge in [-0.15, -0.1) is 0 Å². The molecule has 1 nitrogen and oxygen atoms in total. The van der Waals surface area contributed by atoms with Gasteiger partial charge in [-0.3, -0.25) is 0 Å². The molecule has 1 saturated carbocycles. The van der Waals surface area contributed by atoms with Crippen molar-refractivity contribution in [2.75, 3.05) is 6.54 Å². The fourth-order valence-corrected chi connectivity index (χ4v) is 3.62. The molecular weight excluding hydrogens is 218 g/mol. The van der Waals surface area contributed by atoms with E-state index < -0.39 is 0 Å². The molecule has 1 aromatic rings. The summed E-state index contributed by atoms with van der Waals surface area (Å²) in [6.45, 7) is 10.1. The normalized spacial score (nSPS) is 20.0. The summed E-state index contributed by atoms with van der Waals surface area (Å²) < 4.78 is 0. The van der Waals surface area contributed by atoms with Gasteiger partial charge in [0.25, 0.3) is 0 Å². The van der Waals surface area contributed by atoms with Crippen LogP contribution in [0.2, 0.25) is 0 Å². The molecule has 1 N–H and O–H groups in total. The zero-order valence-corrected chi connectivity index (χ0v) is 12.3. The first kappa shape index (κ1) is 13.6. The summed E-state index contributed by atoms with van der Waals surface area (Å²) in [7, 11) is 0. The third-order valence-electron chi connectivity index (χ3n) is 4.43. The maximum Gasteiger partial charge on any atom is 0.0374 e. The van der Waals surface area contributed by atoms with E-state index in [0.29, 0.717) is 11.5 Å². The molecule has 0 amide bonds. The molecule has 2 rings (SSSR count). The Morgan fingerprint density at radius 1 is 1.11 bits per heavy atom. The summed E-state index contributed by atoms with van der Waals surface area (Å²) in [6, 6.07) is 7.51. The number of hydrogen-bond donors (Lipinski definition) is 1. The van der Waals surface area contributed by atoms with Crippen LogP contribution in [-0.4, -0.2) is 6.54 Å². The molecule has 1 fully saturated rings. The van der Waals surface area contributed by atoms with Gasteiger partial charge in [0.15, 0.2) is 0 Å². The lowest BCUT2D eigenvalue weighted by Gasteiger charge is -2.35. The first-order valence-corrected chi connectivity index (χ1v) is 7.37. The van der Waals surface area contributed by atoms with Gasteiger partial charge in [-0.25, -0.2) is 0 Å². The van der Waals surface area contributed by atoms with Crippen molar-refractivity contribution in [2.24, 2.45) is 5.41 Å². The van der Waals surface area contributed by atoms with Gasteiger partial charge in [0.2, 0.25) is 0 Å². The Labute approximate surface area is 112 Å². The number of rotatable bonds is 4. The van der Waals surface area contributed by atoms with Crippen molar-refractivity contribution in [3.8, 4) is 0 Å². The second kappa shape index (κ2) is 5.44.